The fourth-order valence-corrected chi connectivity index (χ4v) is 3.21. The van der Waals surface area contributed by atoms with Crippen molar-refractivity contribution >= 4 is 5.78 Å². The van der Waals surface area contributed by atoms with Crippen LogP contribution in [0.25, 0.3) is 0 Å². The zero-order valence-corrected chi connectivity index (χ0v) is 12.5. The molecule has 2 heteroatoms. The lowest BCUT2D eigenvalue weighted by Crippen LogP contribution is -2.22. The molecule has 2 atom stereocenters. The lowest BCUT2D eigenvalue weighted by molar-refractivity contribution is 0.101. The molecule has 0 saturated heterocycles. The molecule has 104 valence electrons. The van der Waals surface area contributed by atoms with Crippen LogP contribution in [0.3, 0.4) is 0 Å². The molecule has 1 aliphatic heterocycles. The molecule has 0 bridgehead atoms. The topological polar surface area (TPSA) is 26.3 Å². The molecular formula is C17H24O2. The Morgan fingerprint density at radius 1 is 1.21 bits per heavy atom. The number of carbonyl (C=O) groups excluding carboxylic acids is 1. The van der Waals surface area contributed by atoms with Gasteiger partial charge in [0.05, 0.1) is 5.56 Å². The van der Waals surface area contributed by atoms with Crippen molar-refractivity contribution in [2.75, 3.05) is 0 Å². The van der Waals surface area contributed by atoms with E-state index in [1.165, 1.54) is 30.4 Å². The molecule has 2 aliphatic rings. The van der Waals surface area contributed by atoms with E-state index in [0.29, 0.717) is 12.0 Å². The zero-order chi connectivity index (χ0) is 14.0. The number of fused-ring (bicyclic) bond motifs is 3. The smallest absolute Gasteiger partial charge is 0.163 e. The summed E-state index contributed by atoms with van der Waals surface area (Å²) in [5.41, 5.74) is 3.22. The molecule has 0 spiro atoms. The average molecular weight is 260 g/mol. The maximum Gasteiger partial charge on any atom is 0.163 e. The average Bonchev–Trinajstić information content (AvgIpc) is 2.78. The van der Waals surface area contributed by atoms with Crippen molar-refractivity contribution in [1.82, 2.24) is 0 Å². The van der Waals surface area contributed by atoms with Crippen LogP contribution < -0.4 is 4.74 Å². The summed E-state index contributed by atoms with van der Waals surface area (Å²) >= 11 is 0. The van der Waals surface area contributed by atoms with Gasteiger partial charge in [0.2, 0.25) is 0 Å². The minimum atomic E-state index is 0.114. The third kappa shape index (κ3) is 2.54. The van der Waals surface area contributed by atoms with E-state index in [-0.39, 0.29) is 5.78 Å². The van der Waals surface area contributed by atoms with Crippen molar-refractivity contribution < 1.29 is 9.53 Å². The first-order chi connectivity index (χ1) is 9.16. The highest BCUT2D eigenvalue weighted by Gasteiger charge is 2.37. The van der Waals surface area contributed by atoms with Gasteiger partial charge < -0.3 is 4.74 Å². The molecule has 1 fully saturated rings. The van der Waals surface area contributed by atoms with Crippen LogP contribution in [0.1, 0.15) is 73.9 Å². The molecule has 0 amide bonds. The largest absolute Gasteiger partial charge is 0.489 e. The molecule has 1 saturated carbocycles. The Kier molecular flexibility index (Phi) is 4.28. The Bertz CT molecular complexity index is 476. The Balaban J connectivity index is 0.000000637. The maximum atomic E-state index is 11.7. The van der Waals surface area contributed by atoms with Crippen molar-refractivity contribution in [3.05, 3.63) is 28.8 Å². The van der Waals surface area contributed by atoms with Gasteiger partial charge in [0.25, 0.3) is 0 Å². The van der Waals surface area contributed by atoms with Gasteiger partial charge in [0, 0.05) is 11.5 Å². The molecule has 1 aliphatic carbocycles. The van der Waals surface area contributed by atoms with Crippen LogP contribution in [-0.4, -0.2) is 11.9 Å². The van der Waals surface area contributed by atoms with Gasteiger partial charge in [-0.15, -0.1) is 0 Å². The van der Waals surface area contributed by atoms with E-state index in [2.05, 4.69) is 13.0 Å². The van der Waals surface area contributed by atoms with E-state index in [0.717, 1.165) is 17.7 Å². The lowest BCUT2D eigenvalue weighted by Gasteiger charge is -2.23. The van der Waals surface area contributed by atoms with E-state index < -0.39 is 0 Å². The van der Waals surface area contributed by atoms with E-state index in [1.54, 1.807) is 6.92 Å². The number of hydrogen-bond donors (Lipinski definition) is 0. The fraction of sp³-hybridized carbons (Fsp3) is 0.588. The first kappa shape index (κ1) is 14.1. The Labute approximate surface area is 116 Å². The molecule has 3 rings (SSSR count). The Morgan fingerprint density at radius 3 is 2.58 bits per heavy atom. The van der Waals surface area contributed by atoms with Crippen molar-refractivity contribution in [3.63, 3.8) is 0 Å². The number of hydrogen-bond acceptors (Lipinski definition) is 2. The van der Waals surface area contributed by atoms with Crippen molar-refractivity contribution in [1.29, 1.82) is 0 Å². The molecule has 2 nitrogen and oxygen atoms in total. The van der Waals surface area contributed by atoms with Crippen LogP contribution in [-0.2, 0) is 0 Å². The molecule has 1 aromatic rings. The van der Waals surface area contributed by atoms with Gasteiger partial charge in [-0.25, -0.2) is 0 Å². The Hall–Kier alpha value is -1.31. The van der Waals surface area contributed by atoms with Crippen LogP contribution in [0.2, 0.25) is 0 Å². The number of carbonyl (C=O) groups is 1. The second kappa shape index (κ2) is 5.77. The van der Waals surface area contributed by atoms with E-state index >= 15 is 0 Å². The summed E-state index contributed by atoms with van der Waals surface area (Å²) in [7, 11) is 0. The molecule has 19 heavy (non-hydrogen) atoms. The number of aryl methyl sites for hydroxylation is 1. The van der Waals surface area contributed by atoms with Crippen molar-refractivity contribution in [2.45, 2.75) is 65.4 Å². The summed E-state index contributed by atoms with van der Waals surface area (Å²) in [5, 5.41) is 0. The minimum Gasteiger partial charge on any atom is -0.489 e. The molecule has 0 radical (unpaired) electrons. The monoisotopic (exact) mass is 260 g/mol. The minimum absolute atomic E-state index is 0.114. The fourth-order valence-electron chi connectivity index (χ4n) is 3.21. The number of benzene rings is 1. The van der Waals surface area contributed by atoms with Gasteiger partial charge >= 0.3 is 0 Å². The van der Waals surface area contributed by atoms with Gasteiger partial charge in [-0.3, -0.25) is 4.79 Å². The molecule has 1 aromatic carbocycles. The highest BCUT2D eigenvalue weighted by molar-refractivity contribution is 5.97. The summed E-state index contributed by atoms with van der Waals surface area (Å²) in [4.78, 5) is 11.7. The van der Waals surface area contributed by atoms with Crippen molar-refractivity contribution in [2.24, 2.45) is 0 Å². The molecule has 0 N–H and O–H groups in total. The van der Waals surface area contributed by atoms with Crippen molar-refractivity contribution in [3.8, 4) is 5.75 Å². The SMILES string of the molecule is CC.CC(=O)c1cc(C)cc2c1OC1CCCCC21. The Morgan fingerprint density at radius 2 is 1.89 bits per heavy atom. The lowest BCUT2D eigenvalue weighted by atomic mass is 9.82. The zero-order valence-electron chi connectivity index (χ0n) is 12.5. The standard InChI is InChI=1S/C15H18O2.C2H6/c1-9-7-12(10(2)16)15-13(8-9)11-5-3-4-6-14(11)17-15;1-2/h7-8,11,14H,3-6H2,1-2H3;1-2H3. The first-order valence-corrected chi connectivity index (χ1v) is 7.49. The van der Waals surface area contributed by atoms with Gasteiger partial charge in [-0.1, -0.05) is 26.3 Å². The predicted molar refractivity (Wildman–Crippen MR) is 78.2 cm³/mol. The van der Waals surface area contributed by atoms with Crippen LogP contribution in [0.5, 0.6) is 5.75 Å². The molecule has 2 unspecified atom stereocenters. The number of rotatable bonds is 1. The summed E-state index contributed by atoms with van der Waals surface area (Å²) in [5.74, 6) is 1.51. The van der Waals surface area contributed by atoms with Gasteiger partial charge in [0.15, 0.2) is 5.78 Å². The summed E-state index contributed by atoms with van der Waals surface area (Å²) in [6, 6.07) is 4.16. The van der Waals surface area contributed by atoms with Crippen LogP contribution >= 0.6 is 0 Å². The highest BCUT2D eigenvalue weighted by Crippen LogP contribution is 2.47. The normalized spacial score (nSPS) is 23.6. The second-order valence-corrected chi connectivity index (χ2v) is 5.33. The quantitative estimate of drug-likeness (QED) is 0.687. The highest BCUT2D eigenvalue weighted by atomic mass is 16.5. The van der Waals surface area contributed by atoms with Crippen LogP contribution in [0.4, 0.5) is 0 Å². The summed E-state index contributed by atoms with van der Waals surface area (Å²) in [6.07, 6.45) is 5.20. The number of Topliss-reactive ketones (excluding diaryl/α,β-unsaturated/α-hetero) is 1. The van der Waals surface area contributed by atoms with E-state index in [9.17, 15) is 4.79 Å². The molecular weight excluding hydrogens is 236 g/mol. The first-order valence-electron chi connectivity index (χ1n) is 7.49. The van der Waals surface area contributed by atoms with Gasteiger partial charge in [0.1, 0.15) is 11.9 Å². The summed E-state index contributed by atoms with van der Waals surface area (Å²) in [6.45, 7) is 7.68. The molecule has 1 heterocycles. The van der Waals surface area contributed by atoms with Gasteiger partial charge in [-0.2, -0.15) is 0 Å². The third-order valence-electron chi connectivity index (χ3n) is 4.01. The summed E-state index contributed by atoms with van der Waals surface area (Å²) < 4.78 is 6.04. The van der Waals surface area contributed by atoms with E-state index in [1.807, 2.05) is 19.9 Å². The maximum absolute atomic E-state index is 11.7. The number of ketones is 1. The van der Waals surface area contributed by atoms with E-state index in [4.69, 9.17) is 4.74 Å². The van der Waals surface area contributed by atoms with Crippen LogP contribution in [0, 0.1) is 6.92 Å². The molecule has 0 aromatic heterocycles. The number of ether oxygens (including phenoxy) is 1. The predicted octanol–water partition coefficient (Wildman–Crippen LogP) is 4.64. The third-order valence-corrected chi connectivity index (χ3v) is 4.01. The van der Waals surface area contributed by atoms with Gasteiger partial charge in [-0.05, 0) is 44.7 Å². The second-order valence-electron chi connectivity index (χ2n) is 5.33. The van der Waals surface area contributed by atoms with Crippen LogP contribution in [0.15, 0.2) is 12.1 Å².